The first-order valence-corrected chi connectivity index (χ1v) is 13.5. The maximum atomic E-state index is 15.1. The van der Waals surface area contributed by atoms with Gasteiger partial charge in [-0.15, -0.1) is 0 Å². The van der Waals surface area contributed by atoms with E-state index in [2.05, 4.69) is 22.0 Å². The minimum atomic E-state index is -0.993. The maximum absolute atomic E-state index is 15.1. The van der Waals surface area contributed by atoms with Crippen LogP contribution >= 0.6 is 11.8 Å². The van der Waals surface area contributed by atoms with E-state index in [9.17, 15) is 14.9 Å². The van der Waals surface area contributed by atoms with Gasteiger partial charge >= 0.3 is 0 Å². The van der Waals surface area contributed by atoms with Gasteiger partial charge in [-0.1, -0.05) is 48.2 Å². The van der Waals surface area contributed by atoms with Gasteiger partial charge < -0.3 is 20.7 Å². The molecule has 3 aromatic rings. The van der Waals surface area contributed by atoms with Crippen molar-refractivity contribution in [1.82, 2.24) is 5.32 Å². The average molecular weight is 557 g/mol. The van der Waals surface area contributed by atoms with Crippen molar-refractivity contribution in [2.75, 3.05) is 23.5 Å². The Bertz CT molecular complexity index is 1570. The van der Waals surface area contributed by atoms with Crippen LogP contribution in [0.3, 0.4) is 0 Å². The summed E-state index contributed by atoms with van der Waals surface area (Å²) in [4.78, 5) is 26.4. The molecule has 1 aliphatic rings. The molecule has 0 aromatic heterocycles. The summed E-state index contributed by atoms with van der Waals surface area (Å²) in [5.41, 5.74) is 4.25. The Hall–Kier alpha value is -4.55. The Balaban J connectivity index is 1.65. The second-order valence-electron chi connectivity index (χ2n) is 9.26. The number of aryl methyl sites for hydroxylation is 2. The number of para-hydroxylation sites is 2. The normalized spacial score (nSPS) is 14.8. The molecule has 2 amide bonds. The summed E-state index contributed by atoms with van der Waals surface area (Å²) in [6, 6.07) is 20.8. The zero-order chi connectivity index (χ0) is 28.8. The van der Waals surface area contributed by atoms with Crippen molar-refractivity contribution in [3.63, 3.8) is 0 Å². The number of hydrogen-bond acceptors (Lipinski definition) is 6. The molecule has 0 saturated carbocycles. The fraction of sp³-hybridized carbons (Fsp3) is 0.194. The number of dihydropyridines is 1. The van der Waals surface area contributed by atoms with Gasteiger partial charge in [0.05, 0.1) is 41.1 Å². The third-order valence-corrected chi connectivity index (χ3v) is 7.62. The van der Waals surface area contributed by atoms with E-state index in [1.807, 2.05) is 32.0 Å². The number of methoxy groups -OCH3 is 1. The lowest BCUT2D eigenvalue weighted by Gasteiger charge is -2.30. The van der Waals surface area contributed by atoms with E-state index in [4.69, 9.17) is 4.74 Å². The molecule has 40 heavy (non-hydrogen) atoms. The Labute approximate surface area is 237 Å². The van der Waals surface area contributed by atoms with Crippen LogP contribution in [0.5, 0.6) is 5.75 Å². The largest absolute Gasteiger partial charge is 0.495 e. The lowest BCUT2D eigenvalue weighted by molar-refractivity contribution is -0.114. The number of nitriles is 1. The standard InChI is InChI=1S/C31H29FN4O3S/c1-18-13-14-21(15-19(18)2)35-27(37)17-40-31-23(16-33)29(22-9-5-6-10-24(22)32)28(20(3)34-31)30(38)36-25-11-7-8-12-26(25)39-4/h5-15,29,34H,17H2,1-4H3,(H,35,37)(H,36,38)/t29-/m1/s1. The van der Waals surface area contributed by atoms with E-state index >= 15 is 4.39 Å². The summed E-state index contributed by atoms with van der Waals surface area (Å²) in [5, 5.41) is 19.5. The van der Waals surface area contributed by atoms with Crippen molar-refractivity contribution in [3.05, 3.63) is 111 Å². The van der Waals surface area contributed by atoms with Crippen molar-refractivity contribution in [3.8, 4) is 11.8 Å². The highest BCUT2D eigenvalue weighted by Crippen LogP contribution is 2.42. The maximum Gasteiger partial charge on any atom is 0.254 e. The van der Waals surface area contributed by atoms with Crippen LogP contribution in [0.15, 0.2) is 88.6 Å². The molecular formula is C31H29FN4O3S. The number of allylic oxidation sites excluding steroid dienone is 2. The Kier molecular flexibility index (Phi) is 8.92. The topological polar surface area (TPSA) is 103 Å². The second-order valence-corrected chi connectivity index (χ2v) is 10.2. The zero-order valence-corrected chi connectivity index (χ0v) is 23.4. The van der Waals surface area contributed by atoms with Crippen LogP contribution in [0, 0.1) is 31.0 Å². The SMILES string of the molecule is COc1ccccc1NC(=O)C1=C(C)NC(SCC(=O)Nc2ccc(C)c(C)c2)=C(C#N)[C@H]1c1ccccc1F. The van der Waals surface area contributed by atoms with Gasteiger partial charge in [-0.3, -0.25) is 9.59 Å². The summed E-state index contributed by atoms with van der Waals surface area (Å²) in [6.07, 6.45) is 0. The van der Waals surface area contributed by atoms with Gasteiger partial charge in [0, 0.05) is 22.5 Å². The van der Waals surface area contributed by atoms with Gasteiger partial charge in [-0.05, 0) is 62.2 Å². The summed E-state index contributed by atoms with van der Waals surface area (Å²) in [5.74, 6) is -1.85. The van der Waals surface area contributed by atoms with Crippen molar-refractivity contribution in [2.45, 2.75) is 26.7 Å². The lowest BCUT2D eigenvalue weighted by Crippen LogP contribution is -2.31. The van der Waals surface area contributed by atoms with E-state index in [0.717, 1.165) is 22.9 Å². The molecule has 1 atom stereocenters. The molecule has 9 heteroatoms. The minimum absolute atomic E-state index is 0.000450. The number of amides is 2. The molecule has 204 valence electrons. The molecule has 0 radical (unpaired) electrons. The third-order valence-electron chi connectivity index (χ3n) is 6.60. The number of anilines is 2. The minimum Gasteiger partial charge on any atom is -0.495 e. The molecule has 0 saturated heterocycles. The summed E-state index contributed by atoms with van der Waals surface area (Å²) >= 11 is 1.12. The van der Waals surface area contributed by atoms with Crippen LogP contribution in [-0.4, -0.2) is 24.7 Å². The molecule has 0 fully saturated rings. The number of carbonyl (C=O) groups is 2. The van der Waals surface area contributed by atoms with Crippen molar-refractivity contribution in [2.24, 2.45) is 0 Å². The van der Waals surface area contributed by atoms with Gasteiger partial charge in [-0.2, -0.15) is 5.26 Å². The first-order chi connectivity index (χ1) is 19.2. The molecule has 3 aromatic carbocycles. The number of benzene rings is 3. The number of thioether (sulfide) groups is 1. The van der Waals surface area contributed by atoms with E-state index in [1.54, 1.807) is 49.4 Å². The average Bonchev–Trinajstić information content (AvgIpc) is 2.94. The predicted octanol–water partition coefficient (Wildman–Crippen LogP) is 6.16. The summed E-state index contributed by atoms with van der Waals surface area (Å²) < 4.78 is 20.5. The highest BCUT2D eigenvalue weighted by atomic mass is 32.2. The van der Waals surface area contributed by atoms with E-state index in [1.165, 1.54) is 13.2 Å². The van der Waals surface area contributed by atoms with Gasteiger partial charge in [0.2, 0.25) is 5.91 Å². The van der Waals surface area contributed by atoms with Crippen molar-refractivity contribution >= 4 is 35.0 Å². The summed E-state index contributed by atoms with van der Waals surface area (Å²) in [7, 11) is 1.50. The highest BCUT2D eigenvalue weighted by Gasteiger charge is 2.36. The third kappa shape index (κ3) is 6.19. The van der Waals surface area contributed by atoms with Crippen LogP contribution in [0.2, 0.25) is 0 Å². The quantitative estimate of drug-likeness (QED) is 0.307. The molecule has 4 rings (SSSR count). The lowest BCUT2D eigenvalue weighted by atomic mass is 9.82. The first kappa shape index (κ1) is 28.5. The Morgan fingerprint density at radius 2 is 1.75 bits per heavy atom. The number of nitrogens with one attached hydrogen (secondary N) is 3. The fourth-order valence-corrected chi connectivity index (χ4v) is 5.33. The van der Waals surface area contributed by atoms with Crippen LogP contribution in [-0.2, 0) is 9.59 Å². The molecule has 1 aliphatic heterocycles. The molecule has 0 spiro atoms. The molecular weight excluding hydrogens is 527 g/mol. The molecule has 1 heterocycles. The van der Waals surface area contributed by atoms with Crippen LogP contribution in [0.4, 0.5) is 15.8 Å². The van der Waals surface area contributed by atoms with Crippen LogP contribution < -0.4 is 20.7 Å². The molecule has 7 nitrogen and oxygen atoms in total. The molecule has 0 unspecified atom stereocenters. The van der Waals surface area contributed by atoms with E-state index in [0.29, 0.717) is 27.9 Å². The van der Waals surface area contributed by atoms with Gasteiger partial charge in [0.1, 0.15) is 11.6 Å². The molecule has 3 N–H and O–H groups in total. The van der Waals surface area contributed by atoms with Gasteiger partial charge in [-0.25, -0.2) is 4.39 Å². The summed E-state index contributed by atoms with van der Waals surface area (Å²) in [6.45, 7) is 5.65. The van der Waals surface area contributed by atoms with Gasteiger partial charge in [0.25, 0.3) is 5.91 Å². The Morgan fingerprint density at radius 3 is 2.45 bits per heavy atom. The monoisotopic (exact) mass is 556 g/mol. The van der Waals surface area contributed by atoms with Crippen molar-refractivity contribution in [1.29, 1.82) is 5.26 Å². The van der Waals surface area contributed by atoms with Crippen LogP contribution in [0.1, 0.15) is 29.5 Å². The van der Waals surface area contributed by atoms with Gasteiger partial charge in [0.15, 0.2) is 0 Å². The van der Waals surface area contributed by atoms with E-state index < -0.39 is 17.6 Å². The number of halogens is 1. The number of carbonyl (C=O) groups excluding carboxylic acids is 2. The number of rotatable bonds is 8. The van der Waals surface area contributed by atoms with E-state index in [-0.39, 0.29) is 28.4 Å². The zero-order valence-electron chi connectivity index (χ0n) is 22.6. The number of hydrogen-bond donors (Lipinski definition) is 3. The second kappa shape index (κ2) is 12.5. The Morgan fingerprint density at radius 1 is 1.02 bits per heavy atom. The smallest absolute Gasteiger partial charge is 0.254 e. The number of ether oxygens (including phenoxy) is 1. The fourth-order valence-electron chi connectivity index (χ4n) is 4.44. The highest BCUT2D eigenvalue weighted by molar-refractivity contribution is 8.03. The number of nitrogens with zero attached hydrogens (tertiary/aromatic N) is 1. The van der Waals surface area contributed by atoms with Crippen molar-refractivity contribution < 1.29 is 18.7 Å². The molecule has 0 aliphatic carbocycles. The predicted molar refractivity (Wildman–Crippen MR) is 156 cm³/mol. The van der Waals surface area contributed by atoms with Crippen LogP contribution in [0.25, 0.3) is 0 Å². The molecule has 0 bridgehead atoms. The first-order valence-electron chi connectivity index (χ1n) is 12.5.